The van der Waals surface area contributed by atoms with Crippen molar-refractivity contribution < 1.29 is 9.53 Å². The molecule has 0 saturated heterocycles. The zero-order valence-electron chi connectivity index (χ0n) is 12.0. The Morgan fingerprint density at radius 1 is 1.48 bits per heavy atom. The number of hydrogen-bond acceptors (Lipinski definition) is 5. The monoisotopic (exact) mass is 287 g/mol. The van der Waals surface area contributed by atoms with Gasteiger partial charge in [0.25, 0.3) is 11.9 Å². The van der Waals surface area contributed by atoms with Crippen molar-refractivity contribution >= 4 is 18.1 Å². The normalized spacial score (nSPS) is 11.7. The summed E-state index contributed by atoms with van der Waals surface area (Å²) in [6.45, 7) is 7.54. The van der Waals surface area contributed by atoms with Gasteiger partial charge in [-0.25, -0.2) is 0 Å². The van der Waals surface area contributed by atoms with Crippen LogP contribution in [0.25, 0.3) is 6.20 Å². The zero-order valence-corrected chi connectivity index (χ0v) is 12.0. The van der Waals surface area contributed by atoms with Gasteiger partial charge in [-0.15, -0.1) is 9.90 Å². The third-order valence-corrected chi connectivity index (χ3v) is 2.85. The molecular weight excluding hydrogens is 270 g/mol. The summed E-state index contributed by atoms with van der Waals surface area (Å²) in [7, 11) is 0. The highest BCUT2D eigenvalue weighted by atomic mass is 16.5. The van der Waals surface area contributed by atoms with Crippen LogP contribution in [0.2, 0.25) is 0 Å². The van der Waals surface area contributed by atoms with Crippen molar-refractivity contribution in [3.05, 3.63) is 36.4 Å². The van der Waals surface area contributed by atoms with Crippen LogP contribution in [0.3, 0.4) is 0 Å². The first-order valence-corrected chi connectivity index (χ1v) is 6.62. The lowest BCUT2D eigenvalue weighted by Crippen LogP contribution is -2.13. The second-order valence-electron chi connectivity index (χ2n) is 4.43. The third-order valence-electron chi connectivity index (χ3n) is 2.85. The van der Waals surface area contributed by atoms with E-state index in [1.807, 2.05) is 6.92 Å². The van der Waals surface area contributed by atoms with E-state index in [1.165, 1.54) is 11.0 Å². The number of tetrazole rings is 1. The molecule has 0 spiro atoms. The van der Waals surface area contributed by atoms with E-state index in [0.717, 1.165) is 12.2 Å². The number of carbonyl (C=O) groups is 1. The first-order valence-electron chi connectivity index (χ1n) is 6.62. The summed E-state index contributed by atoms with van der Waals surface area (Å²) in [5, 5.41) is 13.8. The summed E-state index contributed by atoms with van der Waals surface area (Å²) in [6, 6.07) is 6.89. The van der Waals surface area contributed by atoms with Crippen molar-refractivity contribution in [3.8, 4) is 5.75 Å². The summed E-state index contributed by atoms with van der Waals surface area (Å²) < 4.78 is 5.65. The molecule has 1 heterocycles. The van der Waals surface area contributed by atoms with Gasteiger partial charge in [-0.1, -0.05) is 18.6 Å². The molecule has 1 aromatic carbocycles. The molecule has 0 fully saturated rings. The van der Waals surface area contributed by atoms with Crippen LogP contribution in [0.1, 0.15) is 30.6 Å². The van der Waals surface area contributed by atoms with Gasteiger partial charge in [-0.3, -0.25) is 10.1 Å². The molecule has 0 aliphatic heterocycles. The average Bonchev–Trinajstić information content (AvgIpc) is 2.95. The van der Waals surface area contributed by atoms with E-state index in [0.29, 0.717) is 5.56 Å². The van der Waals surface area contributed by atoms with Gasteiger partial charge in [-0.2, -0.15) is 0 Å². The Balaban J connectivity index is 2.00. The molecule has 2 aromatic rings. The molecule has 0 aliphatic rings. The smallest absolute Gasteiger partial charge is 0.270 e. The SMILES string of the molecule is C=Cn1nnc(NC(=O)c2ccc(O[C@H](C)CC)cc2)n1. The number of benzene rings is 1. The van der Waals surface area contributed by atoms with Crippen LogP contribution in [0.5, 0.6) is 5.75 Å². The van der Waals surface area contributed by atoms with Crippen LogP contribution in [0.4, 0.5) is 5.95 Å². The topological polar surface area (TPSA) is 81.9 Å². The van der Waals surface area contributed by atoms with Crippen molar-refractivity contribution in [3.63, 3.8) is 0 Å². The van der Waals surface area contributed by atoms with Crippen molar-refractivity contribution in [2.45, 2.75) is 26.4 Å². The largest absolute Gasteiger partial charge is 0.491 e. The highest BCUT2D eigenvalue weighted by Crippen LogP contribution is 2.15. The van der Waals surface area contributed by atoms with Crippen LogP contribution in [0.15, 0.2) is 30.8 Å². The van der Waals surface area contributed by atoms with E-state index in [9.17, 15) is 4.79 Å². The van der Waals surface area contributed by atoms with E-state index >= 15 is 0 Å². The Morgan fingerprint density at radius 2 is 2.19 bits per heavy atom. The summed E-state index contributed by atoms with van der Waals surface area (Å²) in [5.74, 6) is 0.546. The Bertz CT molecular complexity index is 621. The average molecular weight is 287 g/mol. The molecule has 0 bridgehead atoms. The van der Waals surface area contributed by atoms with Gasteiger partial charge < -0.3 is 4.74 Å². The van der Waals surface area contributed by atoms with Crippen molar-refractivity contribution in [1.82, 2.24) is 20.2 Å². The van der Waals surface area contributed by atoms with Gasteiger partial charge in [0.2, 0.25) is 0 Å². The van der Waals surface area contributed by atoms with Gasteiger partial charge in [-0.05, 0) is 42.8 Å². The maximum Gasteiger partial charge on any atom is 0.270 e. The zero-order chi connectivity index (χ0) is 15.2. The molecule has 7 heteroatoms. The number of nitrogens with zero attached hydrogens (tertiary/aromatic N) is 4. The van der Waals surface area contributed by atoms with Crippen molar-refractivity contribution in [2.75, 3.05) is 5.32 Å². The van der Waals surface area contributed by atoms with E-state index in [4.69, 9.17) is 4.74 Å². The predicted molar refractivity (Wildman–Crippen MR) is 79.0 cm³/mol. The van der Waals surface area contributed by atoms with Crippen LogP contribution in [-0.2, 0) is 0 Å². The lowest BCUT2D eigenvalue weighted by atomic mass is 10.2. The first-order chi connectivity index (χ1) is 10.1. The Hall–Kier alpha value is -2.70. The fraction of sp³-hybridized carbons (Fsp3) is 0.286. The number of rotatable bonds is 6. The third kappa shape index (κ3) is 3.88. The number of nitrogens with one attached hydrogen (secondary N) is 1. The number of carbonyl (C=O) groups excluding carboxylic acids is 1. The summed E-state index contributed by atoms with van der Waals surface area (Å²) in [6.07, 6.45) is 2.44. The lowest BCUT2D eigenvalue weighted by molar-refractivity contribution is 0.102. The van der Waals surface area contributed by atoms with Crippen LogP contribution >= 0.6 is 0 Å². The number of ether oxygens (including phenoxy) is 1. The van der Waals surface area contributed by atoms with E-state index in [2.05, 4.69) is 34.2 Å². The molecule has 0 unspecified atom stereocenters. The Labute approximate surface area is 122 Å². The lowest BCUT2D eigenvalue weighted by Gasteiger charge is -2.12. The van der Waals surface area contributed by atoms with Gasteiger partial charge in [0, 0.05) is 11.8 Å². The molecule has 21 heavy (non-hydrogen) atoms. The van der Waals surface area contributed by atoms with E-state index in [1.54, 1.807) is 24.3 Å². The molecule has 0 aliphatic carbocycles. The fourth-order valence-corrected chi connectivity index (χ4v) is 1.53. The van der Waals surface area contributed by atoms with Crippen LogP contribution in [-0.4, -0.2) is 32.2 Å². The minimum Gasteiger partial charge on any atom is -0.491 e. The quantitative estimate of drug-likeness (QED) is 0.880. The van der Waals surface area contributed by atoms with E-state index < -0.39 is 0 Å². The molecular formula is C14H17N5O2. The Morgan fingerprint density at radius 3 is 2.76 bits per heavy atom. The fourth-order valence-electron chi connectivity index (χ4n) is 1.53. The van der Waals surface area contributed by atoms with Crippen molar-refractivity contribution in [2.24, 2.45) is 0 Å². The van der Waals surface area contributed by atoms with Gasteiger partial charge >= 0.3 is 0 Å². The molecule has 0 saturated carbocycles. The van der Waals surface area contributed by atoms with Crippen molar-refractivity contribution in [1.29, 1.82) is 0 Å². The first kappa shape index (κ1) is 14.7. The van der Waals surface area contributed by atoms with Gasteiger partial charge in [0.1, 0.15) is 5.75 Å². The summed E-state index contributed by atoms with van der Waals surface area (Å²) in [4.78, 5) is 13.2. The molecule has 2 rings (SSSR count). The molecule has 110 valence electrons. The number of amides is 1. The van der Waals surface area contributed by atoms with Gasteiger partial charge in [0.15, 0.2) is 0 Å². The molecule has 1 amide bonds. The minimum atomic E-state index is -0.311. The highest BCUT2D eigenvalue weighted by Gasteiger charge is 2.10. The summed E-state index contributed by atoms with van der Waals surface area (Å²) >= 11 is 0. The molecule has 1 aromatic heterocycles. The minimum absolute atomic E-state index is 0.125. The molecule has 7 nitrogen and oxygen atoms in total. The molecule has 1 atom stereocenters. The molecule has 1 N–H and O–H groups in total. The number of hydrogen-bond donors (Lipinski definition) is 1. The molecule has 0 radical (unpaired) electrons. The van der Waals surface area contributed by atoms with Crippen LogP contribution in [0, 0.1) is 0 Å². The maximum absolute atomic E-state index is 12.0. The standard InChI is InChI=1S/C14H17N5O2/c1-4-10(3)21-12-8-6-11(7-9-12)13(20)15-14-16-18-19(5-2)17-14/h5-10H,2,4H2,1,3H3,(H,15,17,20)/t10-/m1/s1. The Kier molecular flexibility index (Phi) is 4.65. The number of aromatic nitrogens is 4. The second-order valence-corrected chi connectivity index (χ2v) is 4.43. The van der Waals surface area contributed by atoms with E-state index in [-0.39, 0.29) is 18.0 Å². The maximum atomic E-state index is 12.0. The highest BCUT2D eigenvalue weighted by molar-refractivity contribution is 6.03. The predicted octanol–water partition coefficient (Wildman–Crippen LogP) is 2.20. The van der Waals surface area contributed by atoms with Crippen LogP contribution < -0.4 is 10.1 Å². The summed E-state index contributed by atoms with van der Waals surface area (Å²) in [5.41, 5.74) is 0.487. The second kappa shape index (κ2) is 6.65. The number of anilines is 1. The van der Waals surface area contributed by atoms with Gasteiger partial charge in [0.05, 0.1) is 6.10 Å².